The van der Waals surface area contributed by atoms with Crippen LogP contribution in [0, 0.1) is 0 Å². The number of morpholine rings is 1. The average molecular weight is 348 g/mol. The number of amides is 1. The minimum atomic E-state index is -1.27. The lowest BCUT2D eigenvalue weighted by Crippen LogP contribution is -2.63. The minimum Gasteiger partial charge on any atom is -0.390 e. The number of likely N-dealkylation sites (tertiary alicyclic amines) is 1. The molecule has 0 spiro atoms. The molecule has 1 aromatic rings. The summed E-state index contributed by atoms with van der Waals surface area (Å²) in [5.74, 6) is 0.0381. The van der Waals surface area contributed by atoms with Gasteiger partial charge in [-0.25, -0.2) is 0 Å². The molecule has 2 aliphatic heterocycles. The molecule has 2 atom stereocenters. The zero-order valence-electron chi connectivity index (χ0n) is 14.6. The fourth-order valence-corrected chi connectivity index (χ4v) is 3.63. The van der Waals surface area contributed by atoms with Crippen LogP contribution in [-0.4, -0.2) is 83.6 Å². The molecule has 25 heavy (non-hydrogen) atoms. The summed E-state index contributed by atoms with van der Waals surface area (Å²) >= 11 is 0. The number of piperidine rings is 1. The number of carbonyl (C=O) groups excluding carboxylic acids is 1. The zero-order chi connectivity index (χ0) is 17.7. The highest BCUT2D eigenvalue weighted by Crippen LogP contribution is 2.24. The molecular weight excluding hydrogens is 320 g/mol. The number of β-amino-alcohol motifs (C(OH)–C–C–N with tert-alkyl or cyclic N) is 1. The molecule has 2 heterocycles. The molecule has 6 heteroatoms. The van der Waals surface area contributed by atoms with Crippen molar-refractivity contribution in [3.05, 3.63) is 35.9 Å². The Morgan fingerprint density at radius 1 is 1.20 bits per heavy atom. The third kappa shape index (κ3) is 4.79. The van der Waals surface area contributed by atoms with Gasteiger partial charge in [0.15, 0.2) is 0 Å². The second kappa shape index (κ2) is 8.27. The van der Waals surface area contributed by atoms with E-state index >= 15 is 0 Å². The number of aliphatic hydroxyl groups excluding tert-OH is 1. The van der Waals surface area contributed by atoms with E-state index < -0.39 is 11.7 Å². The molecule has 0 radical (unpaired) electrons. The molecule has 1 amide bonds. The van der Waals surface area contributed by atoms with Crippen LogP contribution < -0.4 is 0 Å². The number of ether oxygens (including phenoxy) is 1. The van der Waals surface area contributed by atoms with E-state index in [0.717, 1.165) is 18.7 Å². The summed E-state index contributed by atoms with van der Waals surface area (Å²) < 4.78 is 5.33. The largest absolute Gasteiger partial charge is 0.390 e. The van der Waals surface area contributed by atoms with Crippen molar-refractivity contribution in [1.82, 2.24) is 9.80 Å². The molecule has 138 valence electrons. The van der Waals surface area contributed by atoms with E-state index in [1.165, 1.54) is 0 Å². The Morgan fingerprint density at radius 2 is 1.92 bits per heavy atom. The van der Waals surface area contributed by atoms with Crippen LogP contribution in [0.15, 0.2) is 30.3 Å². The third-order valence-electron chi connectivity index (χ3n) is 5.18. The van der Waals surface area contributed by atoms with Gasteiger partial charge in [0.25, 0.3) is 0 Å². The van der Waals surface area contributed by atoms with Gasteiger partial charge in [-0.1, -0.05) is 30.3 Å². The molecule has 0 unspecified atom stereocenters. The molecule has 0 aromatic heterocycles. The minimum absolute atomic E-state index is 0.0381. The predicted molar refractivity (Wildman–Crippen MR) is 94.2 cm³/mol. The smallest absolute Gasteiger partial charge is 0.223 e. The lowest BCUT2D eigenvalue weighted by molar-refractivity contribution is -0.158. The number of hydrogen-bond acceptors (Lipinski definition) is 5. The van der Waals surface area contributed by atoms with Gasteiger partial charge in [-0.05, 0) is 18.4 Å². The fraction of sp³-hybridized carbons (Fsp3) is 0.632. The molecule has 0 bridgehead atoms. The Labute approximate surface area is 149 Å². The zero-order valence-corrected chi connectivity index (χ0v) is 14.6. The number of hydrogen-bond donors (Lipinski definition) is 2. The maximum absolute atomic E-state index is 12.6. The first-order valence-electron chi connectivity index (χ1n) is 9.09. The molecule has 6 nitrogen and oxygen atoms in total. The maximum Gasteiger partial charge on any atom is 0.223 e. The number of aryl methyl sites for hydroxylation is 1. The van der Waals surface area contributed by atoms with Gasteiger partial charge in [0, 0.05) is 32.6 Å². The Kier molecular flexibility index (Phi) is 6.06. The highest BCUT2D eigenvalue weighted by Gasteiger charge is 2.43. The van der Waals surface area contributed by atoms with Crippen molar-refractivity contribution >= 4 is 5.91 Å². The van der Waals surface area contributed by atoms with Crippen LogP contribution in [0.4, 0.5) is 0 Å². The number of carbonyl (C=O) groups is 1. The molecular formula is C19H28N2O4. The standard InChI is InChI=1S/C19H28N2O4/c22-17-8-9-21(18(23)7-6-16-4-2-1-3-5-16)15-19(17,24)14-20-10-12-25-13-11-20/h1-5,17,22,24H,6-15H2/t17-,19+/m0/s1. The SMILES string of the molecule is O=C(CCc1ccccc1)N1CC[C@H](O)[C@@](O)(CN2CCOCC2)C1. The summed E-state index contributed by atoms with van der Waals surface area (Å²) in [5.41, 5.74) is -0.130. The summed E-state index contributed by atoms with van der Waals surface area (Å²) in [6.07, 6.45) is 0.736. The monoisotopic (exact) mass is 348 g/mol. The Balaban J connectivity index is 1.56. The highest BCUT2D eigenvalue weighted by molar-refractivity contribution is 5.76. The van der Waals surface area contributed by atoms with Gasteiger partial charge < -0.3 is 19.8 Å². The number of rotatable bonds is 5. The van der Waals surface area contributed by atoms with Crippen LogP contribution in [0.5, 0.6) is 0 Å². The summed E-state index contributed by atoms with van der Waals surface area (Å²) in [5, 5.41) is 21.3. The van der Waals surface area contributed by atoms with E-state index in [0.29, 0.717) is 45.6 Å². The molecule has 2 N–H and O–H groups in total. The molecule has 3 rings (SSSR count). The van der Waals surface area contributed by atoms with Crippen molar-refractivity contribution in [2.24, 2.45) is 0 Å². The number of benzene rings is 1. The molecule has 2 saturated heterocycles. The fourth-order valence-electron chi connectivity index (χ4n) is 3.63. The second-order valence-corrected chi connectivity index (χ2v) is 7.10. The molecule has 1 aromatic carbocycles. The van der Waals surface area contributed by atoms with Gasteiger partial charge in [0.1, 0.15) is 5.60 Å². The predicted octanol–water partition coefficient (Wildman–Crippen LogP) is 0.276. The average Bonchev–Trinajstić information content (AvgIpc) is 2.64. The highest BCUT2D eigenvalue weighted by atomic mass is 16.5. The lowest BCUT2D eigenvalue weighted by atomic mass is 9.88. The Bertz CT molecular complexity index is 562. The van der Waals surface area contributed by atoms with Crippen LogP contribution in [0.2, 0.25) is 0 Å². The van der Waals surface area contributed by atoms with Crippen LogP contribution in [-0.2, 0) is 16.0 Å². The van der Waals surface area contributed by atoms with Crippen molar-refractivity contribution in [3.63, 3.8) is 0 Å². The van der Waals surface area contributed by atoms with Gasteiger partial charge >= 0.3 is 0 Å². The normalized spacial score (nSPS) is 28.1. The number of nitrogens with zero attached hydrogens (tertiary/aromatic N) is 2. The quantitative estimate of drug-likeness (QED) is 0.799. The summed E-state index contributed by atoms with van der Waals surface area (Å²) in [7, 11) is 0. The first-order chi connectivity index (χ1) is 12.1. The van der Waals surface area contributed by atoms with Crippen molar-refractivity contribution in [3.8, 4) is 0 Å². The van der Waals surface area contributed by atoms with Gasteiger partial charge in [-0.15, -0.1) is 0 Å². The van der Waals surface area contributed by atoms with E-state index in [-0.39, 0.29) is 12.5 Å². The van der Waals surface area contributed by atoms with E-state index in [1.54, 1.807) is 4.90 Å². The van der Waals surface area contributed by atoms with Crippen molar-refractivity contribution < 1.29 is 19.7 Å². The van der Waals surface area contributed by atoms with Crippen molar-refractivity contribution in [2.75, 3.05) is 45.9 Å². The third-order valence-corrected chi connectivity index (χ3v) is 5.18. The summed E-state index contributed by atoms with van der Waals surface area (Å²) in [6, 6.07) is 9.93. The van der Waals surface area contributed by atoms with E-state index in [2.05, 4.69) is 4.90 Å². The second-order valence-electron chi connectivity index (χ2n) is 7.10. The van der Waals surface area contributed by atoms with E-state index in [4.69, 9.17) is 4.74 Å². The first kappa shape index (κ1) is 18.3. The van der Waals surface area contributed by atoms with Crippen LogP contribution in [0.25, 0.3) is 0 Å². The molecule has 0 saturated carbocycles. The topological polar surface area (TPSA) is 73.2 Å². The van der Waals surface area contributed by atoms with E-state index in [1.807, 2.05) is 30.3 Å². The van der Waals surface area contributed by atoms with Crippen molar-refractivity contribution in [2.45, 2.75) is 31.0 Å². The molecule has 2 fully saturated rings. The van der Waals surface area contributed by atoms with Gasteiger partial charge in [0.05, 0.1) is 25.9 Å². The van der Waals surface area contributed by atoms with Crippen molar-refractivity contribution in [1.29, 1.82) is 0 Å². The Hall–Kier alpha value is -1.47. The Morgan fingerprint density at radius 3 is 2.64 bits per heavy atom. The molecule has 0 aliphatic carbocycles. The summed E-state index contributed by atoms with van der Waals surface area (Å²) in [4.78, 5) is 16.4. The number of aliphatic hydroxyl groups is 2. The van der Waals surface area contributed by atoms with Crippen LogP contribution in [0.1, 0.15) is 18.4 Å². The van der Waals surface area contributed by atoms with Crippen LogP contribution >= 0.6 is 0 Å². The summed E-state index contributed by atoms with van der Waals surface area (Å²) in [6.45, 7) is 3.85. The van der Waals surface area contributed by atoms with Crippen LogP contribution in [0.3, 0.4) is 0 Å². The maximum atomic E-state index is 12.6. The molecule has 2 aliphatic rings. The lowest BCUT2D eigenvalue weighted by Gasteiger charge is -2.45. The van der Waals surface area contributed by atoms with Gasteiger partial charge in [-0.3, -0.25) is 9.69 Å². The van der Waals surface area contributed by atoms with Gasteiger partial charge in [0.2, 0.25) is 5.91 Å². The van der Waals surface area contributed by atoms with E-state index in [9.17, 15) is 15.0 Å². The first-order valence-corrected chi connectivity index (χ1v) is 9.09. The van der Waals surface area contributed by atoms with Gasteiger partial charge in [-0.2, -0.15) is 0 Å².